The summed E-state index contributed by atoms with van der Waals surface area (Å²) in [6.07, 6.45) is 7.72. The number of hydrogen-bond acceptors (Lipinski definition) is 1. The van der Waals surface area contributed by atoms with Gasteiger partial charge in [-0.1, -0.05) is 25.5 Å². The average Bonchev–Trinajstić information content (AvgIpc) is 2.08. The van der Waals surface area contributed by atoms with Gasteiger partial charge in [-0.25, -0.2) is 0 Å². The fourth-order valence-electron chi connectivity index (χ4n) is 2.09. The molecule has 1 N–H and O–H groups in total. The van der Waals surface area contributed by atoms with Crippen molar-refractivity contribution in [1.29, 1.82) is 0 Å². The molecule has 0 aliphatic heterocycles. The van der Waals surface area contributed by atoms with Gasteiger partial charge in [0, 0.05) is 0 Å². The molecule has 2 unspecified atom stereocenters. The zero-order chi connectivity index (χ0) is 8.97. The van der Waals surface area contributed by atoms with E-state index in [-0.39, 0.29) is 6.10 Å². The summed E-state index contributed by atoms with van der Waals surface area (Å²) in [4.78, 5) is 0. The SMILES string of the molecule is CC/C=C1/CCC(O)CC1CC. The van der Waals surface area contributed by atoms with Crippen molar-refractivity contribution in [2.24, 2.45) is 5.92 Å². The van der Waals surface area contributed by atoms with E-state index in [0.29, 0.717) is 5.92 Å². The Morgan fingerprint density at radius 1 is 1.50 bits per heavy atom. The third-order valence-corrected chi connectivity index (χ3v) is 2.81. The molecular formula is C11H20O. The van der Waals surface area contributed by atoms with Crippen LogP contribution in [0.3, 0.4) is 0 Å². The molecule has 1 heteroatoms. The van der Waals surface area contributed by atoms with Gasteiger partial charge in [0.15, 0.2) is 0 Å². The summed E-state index contributed by atoms with van der Waals surface area (Å²) in [5.74, 6) is 0.661. The zero-order valence-electron chi connectivity index (χ0n) is 8.21. The summed E-state index contributed by atoms with van der Waals surface area (Å²) < 4.78 is 0. The monoisotopic (exact) mass is 168 g/mol. The minimum absolute atomic E-state index is 0.0380. The quantitative estimate of drug-likeness (QED) is 0.629. The molecule has 2 atom stereocenters. The van der Waals surface area contributed by atoms with Gasteiger partial charge in [-0.15, -0.1) is 0 Å². The third kappa shape index (κ3) is 2.34. The van der Waals surface area contributed by atoms with Crippen molar-refractivity contribution in [1.82, 2.24) is 0 Å². The summed E-state index contributed by atoms with van der Waals surface area (Å²) in [7, 11) is 0. The van der Waals surface area contributed by atoms with E-state index in [2.05, 4.69) is 19.9 Å². The van der Waals surface area contributed by atoms with Gasteiger partial charge in [0.2, 0.25) is 0 Å². The summed E-state index contributed by atoms with van der Waals surface area (Å²) in [5, 5.41) is 9.47. The van der Waals surface area contributed by atoms with E-state index in [1.165, 1.54) is 6.42 Å². The van der Waals surface area contributed by atoms with Crippen LogP contribution in [0.2, 0.25) is 0 Å². The smallest absolute Gasteiger partial charge is 0.0549 e. The molecule has 0 heterocycles. The Hall–Kier alpha value is -0.300. The van der Waals surface area contributed by atoms with Gasteiger partial charge in [0.25, 0.3) is 0 Å². The van der Waals surface area contributed by atoms with E-state index in [0.717, 1.165) is 25.7 Å². The van der Waals surface area contributed by atoms with Crippen molar-refractivity contribution >= 4 is 0 Å². The highest BCUT2D eigenvalue weighted by Crippen LogP contribution is 2.31. The average molecular weight is 168 g/mol. The number of allylic oxidation sites excluding steroid dienone is 2. The van der Waals surface area contributed by atoms with Gasteiger partial charge in [0.1, 0.15) is 0 Å². The number of aliphatic hydroxyl groups is 1. The zero-order valence-corrected chi connectivity index (χ0v) is 8.21. The molecule has 0 amide bonds. The van der Waals surface area contributed by atoms with Crippen LogP contribution in [0.1, 0.15) is 46.0 Å². The Kier molecular flexibility index (Phi) is 3.80. The molecule has 1 aliphatic rings. The highest BCUT2D eigenvalue weighted by molar-refractivity contribution is 5.09. The molecule has 1 saturated carbocycles. The number of hydrogen-bond donors (Lipinski definition) is 1. The lowest BCUT2D eigenvalue weighted by molar-refractivity contribution is 0.121. The van der Waals surface area contributed by atoms with Crippen LogP contribution in [0.15, 0.2) is 11.6 Å². The first-order chi connectivity index (χ1) is 5.77. The van der Waals surface area contributed by atoms with E-state index in [4.69, 9.17) is 0 Å². The van der Waals surface area contributed by atoms with Crippen LogP contribution >= 0.6 is 0 Å². The Morgan fingerprint density at radius 3 is 2.83 bits per heavy atom. The molecule has 1 fully saturated rings. The van der Waals surface area contributed by atoms with Gasteiger partial charge in [0.05, 0.1) is 6.10 Å². The third-order valence-electron chi connectivity index (χ3n) is 2.81. The second kappa shape index (κ2) is 4.66. The Bertz CT molecular complexity index is 160. The number of aliphatic hydroxyl groups excluding tert-OH is 1. The van der Waals surface area contributed by atoms with Crippen molar-refractivity contribution in [2.75, 3.05) is 0 Å². The molecule has 0 aromatic rings. The molecule has 0 saturated heterocycles. The summed E-state index contributed by atoms with van der Waals surface area (Å²) in [6, 6.07) is 0. The van der Waals surface area contributed by atoms with E-state index in [9.17, 15) is 5.11 Å². The fourth-order valence-corrected chi connectivity index (χ4v) is 2.09. The first kappa shape index (κ1) is 9.79. The maximum Gasteiger partial charge on any atom is 0.0549 e. The van der Waals surface area contributed by atoms with E-state index < -0.39 is 0 Å². The largest absolute Gasteiger partial charge is 0.393 e. The van der Waals surface area contributed by atoms with Crippen LogP contribution in [0.4, 0.5) is 0 Å². The molecule has 70 valence electrons. The van der Waals surface area contributed by atoms with E-state index in [1.54, 1.807) is 5.57 Å². The van der Waals surface area contributed by atoms with E-state index >= 15 is 0 Å². The Morgan fingerprint density at radius 2 is 2.25 bits per heavy atom. The van der Waals surface area contributed by atoms with Crippen LogP contribution in [-0.4, -0.2) is 11.2 Å². The van der Waals surface area contributed by atoms with Crippen molar-refractivity contribution in [3.05, 3.63) is 11.6 Å². The topological polar surface area (TPSA) is 20.2 Å². The van der Waals surface area contributed by atoms with Gasteiger partial charge in [-0.3, -0.25) is 0 Å². The molecule has 1 nitrogen and oxygen atoms in total. The van der Waals surface area contributed by atoms with E-state index in [1.807, 2.05) is 0 Å². The van der Waals surface area contributed by atoms with Crippen LogP contribution in [-0.2, 0) is 0 Å². The molecule has 0 bridgehead atoms. The van der Waals surface area contributed by atoms with Gasteiger partial charge in [-0.05, 0) is 38.0 Å². The van der Waals surface area contributed by atoms with Crippen molar-refractivity contribution in [3.8, 4) is 0 Å². The van der Waals surface area contributed by atoms with Crippen LogP contribution in [0.5, 0.6) is 0 Å². The Balaban J connectivity index is 2.56. The molecule has 0 radical (unpaired) electrons. The first-order valence-corrected chi connectivity index (χ1v) is 5.14. The lowest BCUT2D eigenvalue weighted by atomic mass is 9.81. The standard InChI is InChI=1S/C11H20O/c1-3-5-10-6-7-11(12)8-9(10)4-2/h5,9,11-12H,3-4,6-8H2,1-2H3/b10-5-. The van der Waals surface area contributed by atoms with Crippen LogP contribution in [0.25, 0.3) is 0 Å². The maximum atomic E-state index is 9.47. The normalized spacial score (nSPS) is 34.1. The molecule has 0 spiro atoms. The predicted octanol–water partition coefficient (Wildman–Crippen LogP) is 2.89. The lowest BCUT2D eigenvalue weighted by Crippen LogP contribution is -2.21. The van der Waals surface area contributed by atoms with Crippen molar-refractivity contribution < 1.29 is 5.11 Å². The Labute approximate surface area is 75.5 Å². The molecule has 1 rings (SSSR count). The fraction of sp³-hybridized carbons (Fsp3) is 0.818. The molecule has 1 aliphatic carbocycles. The van der Waals surface area contributed by atoms with Gasteiger partial charge in [-0.2, -0.15) is 0 Å². The highest BCUT2D eigenvalue weighted by Gasteiger charge is 2.22. The maximum absolute atomic E-state index is 9.47. The summed E-state index contributed by atoms with van der Waals surface area (Å²) in [5.41, 5.74) is 1.59. The second-order valence-corrected chi connectivity index (χ2v) is 3.72. The van der Waals surface area contributed by atoms with Crippen molar-refractivity contribution in [3.63, 3.8) is 0 Å². The predicted molar refractivity (Wildman–Crippen MR) is 52.0 cm³/mol. The van der Waals surface area contributed by atoms with Crippen LogP contribution in [0, 0.1) is 5.92 Å². The van der Waals surface area contributed by atoms with Gasteiger partial charge < -0.3 is 5.11 Å². The first-order valence-electron chi connectivity index (χ1n) is 5.14. The second-order valence-electron chi connectivity index (χ2n) is 3.72. The molecule has 0 aromatic carbocycles. The molecule has 0 aromatic heterocycles. The minimum atomic E-state index is -0.0380. The van der Waals surface area contributed by atoms with Crippen LogP contribution < -0.4 is 0 Å². The van der Waals surface area contributed by atoms with Gasteiger partial charge >= 0.3 is 0 Å². The highest BCUT2D eigenvalue weighted by atomic mass is 16.3. The lowest BCUT2D eigenvalue weighted by Gasteiger charge is -2.28. The number of rotatable bonds is 2. The minimum Gasteiger partial charge on any atom is -0.393 e. The molecule has 12 heavy (non-hydrogen) atoms. The summed E-state index contributed by atoms with van der Waals surface area (Å²) >= 11 is 0. The van der Waals surface area contributed by atoms with Crippen molar-refractivity contribution in [2.45, 2.75) is 52.1 Å². The molecular weight excluding hydrogens is 148 g/mol. The summed E-state index contributed by atoms with van der Waals surface area (Å²) in [6.45, 7) is 4.40.